The van der Waals surface area contributed by atoms with Gasteiger partial charge >= 0.3 is 0 Å². The number of halogens is 1. The second-order valence-corrected chi connectivity index (χ2v) is 8.13. The Morgan fingerprint density at radius 2 is 1.66 bits per heavy atom. The number of nitrogens with zero attached hydrogens (tertiary/aromatic N) is 2. The first-order chi connectivity index (χ1) is 15.5. The van der Waals surface area contributed by atoms with Gasteiger partial charge in [0, 0.05) is 43.8 Å². The summed E-state index contributed by atoms with van der Waals surface area (Å²) in [4.78, 5) is 29.7. The Balaban J connectivity index is 1.52. The normalized spacial score (nSPS) is 15.0. The van der Waals surface area contributed by atoms with Crippen molar-refractivity contribution in [3.05, 3.63) is 71.0 Å². The van der Waals surface area contributed by atoms with E-state index in [1.165, 1.54) is 12.1 Å². The molecule has 2 aromatic rings. The molecule has 6 nitrogen and oxygen atoms in total. The van der Waals surface area contributed by atoms with E-state index in [0.29, 0.717) is 30.8 Å². The highest BCUT2D eigenvalue weighted by molar-refractivity contribution is 5.97. The summed E-state index contributed by atoms with van der Waals surface area (Å²) in [6, 6.07) is 12.7. The van der Waals surface area contributed by atoms with Gasteiger partial charge in [-0.2, -0.15) is 0 Å². The molecule has 1 N–H and O–H groups in total. The summed E-state index contributed by atoms with van der Waals surface area (Å²) in [6.07, 6.45) is 1.51. The Morgan fingerprint density at radius 3 is 2.25 bits per heavy atom. The molecular weight excluding hydrogens is 411 g/mol. The minimum Gasteiger partial charge on any atom is -0.392 e. The molecule has 1 saturated heterocycles. The zero-order chi connectivity index (χ0) is 22.9. The van der Waals surface area contributed by atoms with E-state index < -0.39 is 0 Å². The molecule has 0 saturated carbocycles. The van der Waals surface area contributed by atoms with Gasteiger partial charge in [0.2, 0.25) is 0 Å². The number of aliphatic hydroxyl groups is 1. The van der Waals surface area contributed by atoms with Gasteiger partial charge in [-0.25, -0.2) is 4.39 Å². The number of hydrogen-bond acceptors (Lipinski definition) is 5. The molecule has 2 aromatic carbocycles. The lowest BCUT2D eigenvalue weighted by Crippen LogP contribution is -2.43. The number of hydrogen-bond donors (Lipinski definition) is 1. The minimum absolute atomic E-state index is 0.0482. The molecule has 172 valence electrons. The maximum Gasteiger partial charge on any atom is 0.253 e. The number of Topliss-reactive ketones (excluding diaryl/α,β-unsaturated/α-hetero) is 1. The highest BCUT2D eigenvalue weighted by Crippen LogP contribution is 2.22. The topological polar surface area (TPSA) is 70.1 Å². The highest BCUT2D eigenvalue weighted by atomic mass is 19.1. The van der Waals surface area contributed by atoms with Crippen LogP contribution in [-0.4, -0.2) is 73.0 Å². The van der Waals surface area contributed by atoms with Gasteiger partial charge in [0.15, 0.2) is 5.78 Å². The van der Waals surface area contributed by atoms with Crippen LogP contribution in [0.4, 0.5) is 4.39 Å². The second-order valence-electron chi connectivity index (χ2n) is 8.13. The predicted octanol–water partition coefficient (Wildman–Crippen LogP) is 3.00. The fourth-order valence-electron chi connectivity index (χ4n) is 3.98. The lowest BCUT2D eigenvalue weighted by atomic mass is 9.89. The van der Waals surface area contributed by atoms with Gasteiger partial charge < -0.3 is 19.6 Å². The molecule has 0 spiro atoms. The smallest absolute Gasteiger partial charge is 0.253 e. The fourth-order valence-corrected chi connectivity index (χ4v) is 3.98. The number of amides is 1. The van der Waals surface area contributed by atoms with Gasteiger partial charge in [0.1, 0.15) is 5.82 Å². The highest BCUT2D eigenvalue weighted by Gasteiger charge is 2.26. The molecule has 0 aromatic heterocycles. The van der Waals surface area contributed by atoms with E-state index in [1.54, 1.807) is 48.4 Å². The zero-order valence-electron chi connectivity index (χ0n) is 18.5. The van der Waals surface area contributed by atoms with Crippen molar-refractivity contribution in [3.8, 4) is 0 Å². The average molecular weight is 443 g/mol. The van der Waals surface area contributed by atoms with Crippen molar-refractivity contribution in [1.29, 1.82) is 0 Å². The molecule has 1 aliphatic rings. The number of methoxy groups -OCH3 is 1. The van der Waals surface area contributed by atoms with Crippen LogP contribution in [-0.2, 0) is 11.3 Å². The van der Waals surface area contributed by atoms with Gasteiger partial charge in [0.05, 0.1) is 13.2 Å². The molecule has 0 bridgehead atoms. The van der Waals surface area contributed by atoms with E-state index in [4.69, 9.17) is 4.74 Å². The molecule has 1 aliphatic heterocycles. The number of ketones is 1. The monoisotopic (exact) mass is 442 g/mol. The Morgan fingerprint density at radius 1 is 1.03 bits per heavy atom. The Kier molecular flexibility index (Phi) is 8.90. The second kappa shape index (κ2) is 11.9. The molecule has 1 amide bonds. The van der Waals surface area contributed by atoms with Crippen LogP contribution >= 0.6 is 0 Å². The van der Waals surface area contributed by atoms with E-state index in [0.717, 1.165) is 38.0 Å². The van der Waals surface area contributed by atoms with Crippen LogP contribution in [0, 0.1) is 11.7 Å². The van der Waals surface area contributed by atoms with Gasteiger partial charge in [-0.15, -0.1) is 0 Å². The number of rotatable bonds is 10. The minimum atomic E-state index is -0.340. The van der Waals surface area contributed by atoms with Crippen LogP contribution in [0.1, 0.15) is 39.1 Å². The molecule has 0 aliphatic carbocycles. The van der Waals surface area contributed by atoms with E-state index in [9.17, 15) is 19.1 Å². The van der Waals surface area contributed by atoms with Crippen molar-refractivity contribution >= 4 is 11.7 Å². The number of benzene rings is 2. The van der Waals surface area contributed by atoms with Crippen molar-refractivity contribution in [2.24, 2.45) is 5.92 Å². The molecule has 7 heteroatoms. The van der Waals surface area contributed by atoms with Gasteiger partial charge in [0.25, 0.3) is 5.91 Å². The molecule has 1 heterocycles. The molecule has 0 radical (unpaired) electrons. The van der Waals surface area contributed by atoms with Crippen LogP contribution in [0.25, 0.3) is 0 Å². The first-order valence-corrected chi connectivity index (χ1v) is 11.0. The van der Waals surface area contributed by atoms with Crippen molar-refractivity contribution in [2.75, 3.05) is 46.4 Å². The molecule has 32 heavy (non-hydrogen) atoms. The fraction of sp³-hybridized carbons (Fsp3) is 0.440. The van der Waals surface area contributed by atoms with Gasteiger partial charge in [-0.05, 0) is 67.9 Å². The average Bonchev–Trinajstić information content (AvgIpc) is 2.84. The zero-order valence-corrected chi connectivity index (χ0v) is 18.5. The van der Waals surface area contributed by atoms with E-state index in [2.05, 4.69) is 4.90 Å². The summed E-state index contributed by atoms with van der Waals surface area (Å²) in [5, 5.41) is 9.20. The Hall–Kier alpha value is -2.61. The molecule has 0 atom stereocenters. The third-order valence-corrected chi connectivity index (χ3v) is 6.01. The summed E-state index contributed by atoms with van der Waals surface area (Å²) in [6.45, 7) is 3.76. The first kappa shape index (κ1) is 24.0. The quantitative estimate of drug-likeness (QED) is 0.573. The number of likely N-dealkylation sites (tertiary alicyclic amines) is 1. The predicted molar refractivity (Wildman–Crippen MR) is 120 cm³/mol. The van der Waals surface area contributed by atoms with Crippen LogP contribution in [0.15, 0.2) is 48.5 Å². The SMILES string of the molecule is COCCN(CCN1CCC(C(=O)c2ccc(F)cc2)CC1)C(=O)c1ccc(CO)cc1. The number of carbonyl (C=O) groups excluding carboxylic acids is 2. The Bertz CT molecular complexity index is 878. The van der Waals surface area contributed by atoms with Crippen LogP contribution < -0.4 is 0 Å². The van der Waals surface area contributed by atoms with E-state index in [1.807, 2.05) is 0 Å². The number of carbonyl (C=O) groups is 2. The summed E-state index contributed by atoms with van der Waals surface area (Å²) < 4.78 is 18.3. The molecule has 1 fully saturated rings. The standard InChI is InChI=1S/C25H31FN2O4/c1-32-17-16-28(25(31)22-4-2-19(18-29)3-5-22)15-14-27-12-10-21(11-13-27)24(30)20-6-8-23(26)9-7-20/h2-9,21,29H,10-18H2,1H3. The number of piperidine rings is 1. The molecule has 0 unspecified atom stereocenters. The summed E-state index contributed by atoms with van der Waals surface area (Å²) >= 11 is 0. The third-order valence-electron chi connectivity index (χ3n) is 6.01. The summed E-state index contributed by atoms with van der Waals surface area (Å²) in [7, 11) is 1.61. The third kappa shape index (κ3) is 6.45. The van der Waals surface area contributed by atoms with E-state index >= 15 is 0 Å². The van der Waals surface area contributed by atoms with Crippen molar-refractivity contribution in [2.45, 2.75) is 19.4 Å². The maximum atomic E-state index is 13.1. The number of ether oxygens (including phenoxy) is 1. The first-order valence-electron chi connectivity index (χ1n) is 11.0. The van der Waals surface area contributed by atoms with Crippen LogP contribution in [0.2, 0.25) is 0 Å². The van der Waals surface area contributed by atoms with Crippen molar-refractivity contribution in [3.63, 3.8) is 0 Å². The van der Waals surface area contributed by atoms with Crippen LogP contribution in [0.3, 0.4) is 0 Å². The summed E-state index contributed by atoms with van der Waals surface area (Å²) in [5.74, 6) is -0.373. The van der Waals surface area contributed by atoms with Crippen LogP contribution in [0.5, 0.6) is 0 Å². The van der Waals surface area contributed by atoms with Crippen molar-refractivity contribution < 1.29 is 23.8 Å². The molecular formula is C25H31FN2O4. The Labute approximate surface area is 188 Å². The maximum absolute atomic E-state index is 13.1. The lowest BCUT2D eigenvalue weighted by molar-refractivity contribution is 0.0651. The van der Waals surface area contributed by atoms with Gasteiger partial charge in [-0.3, -0.25) is 9.59 Å². The van der Waals surface area contributed by atoms with E-state index in [-0.39, 0.29) is 30.0 Å². The van der Waals surface area contributed by atoms with Crippen molar-refractivity contribution in [1.82, 2.24) is 9.80 Å². The summed E-state index contributed by atoms with van der Waals surface area (Å²) in [5.41, 5.74) is 1.92. The van der Waals surface area contributed by atoms with Gasteiger partial charge in [-0.1, -0.05) is 12.1 Å². The number of aliphatic hydroxyl groups excluding tert-OH is 1. The molecule has 3 rings (SSSR count). The largest absolute Gasteiger partial charge is 0.392 e. The lowest BCUT2D eigenvalue weighted by Gasteiger charge is -2.33.